The molecule has 1 aliphatic heterocycles. The van der Waals surface area contributed by atoms with E-state index in [0.29, 0.717) is 5.56 Å². The molecule has 2 aromatic rings. The van der Waals surface area contributed by atoms with Crippen LogP contribution in [0.5, 0.6) is 0 Å². The Balaban J connectivity index is 1.63. The maximum Gasteiger partial charge on any atom is 0.408 e. The second-order valence-electron chi connectivity index (χ2n) is 8.19. The van der Waals surface area contributed by atoms with Gasteiger partial charge in [0.15, 0.2) is 0 Å². The van der Waals surface area contributed by atoms with Crippen LogP contribution in [0.3, 0.4) is 0 Å². The van der Waals surface area contributed by atoms with E-state index in [2.05, 4.69) is 10.6 Å². The summed E-state index contributed by atoms with van der Waals surface area (Å²) >= 11 is 1.26. The zero-order chi connectivity index (χ0) is 26.8. The molecule has 3 rings (SSSR count). The van der Waals surface area contributed by atoms with E-state index in [1.54, 1.807) is 54.6 Å². The van der Waals surface area contributed by atoms with Crippen molar-refractivity contribution >= 4 is 41.4 Å². The third kappa shape index (κ3) is 7.79. The van der Waals surface area contributed by atoms with Gasteiger partial charge >= 0.3 is 12.1 Å². The number of nitrogens with zero attached hydrogens (tertiary/aromatic N) is 1. The van der Waals surface area contributed by atoms with Crippen LogP contribution in [-0.2, 0) is 36.9 Å². The summed E-state index contributed by atoms with van der Waals surface area (Å²) in [6.07, 6.45) is -0.960. The Labute approximate surface area is 217 Å². The summed E-state index contributed by atoms with van der Waals surface area (Å²) in [5.41, 5.74) is 1.38. The first-order chi connectivity index (χ1) is 17.8. The molecule has 12 heteroatoms. The van der Waals surface area contributed by atoms with Crippen molar-refractivity contribution in [2.75, 3.05) is 18.2 Å². The zero-order valence-corrected chi connectivity index (χ0v) is 20.6. The van der Waals surface area contributed by atoms with Gasteiger partial charge in [-0.2, -0.15) is 0 Å². The maximum absolute atomic E-state index is 13.1. The number of Topliss-reactive ketones (excluding diaryl/α,β-unsaturated/α-hetero) is 1. The van der Waals surface area contributed by atoms with Crippen LogP contribution in [-0.4, -0.2) is 81.1 Å². The number of aliphatic hydroxyl groups is 1. The number of carbonyl (C=O) groups is 5. The van der Waals surface area contributed by atoms with E-state index in [4.69, 9.17) is 4.74 Å². The predicted molar refractivity (Wildman–Crippen MR) is 133 cm³/mol. The lowest BCUT2D eigenvalue weighted by atomic mass is 10.0. The minimum Gasteiger partial charge on any atom is -0.475 e. The predicted octanol–water partition coefficient (Wildman–Crippen LogP) is 0.556. The first kappa shape index (κ1) is 27.7. The molecule has 0 spiro atoms. The fourth-order valence-electron chi connectivity index (χ4n) is 3.65. The minimum atomic E-state index is -1.69. The van der Waals surface area contributed by atoms with Crippen LogP contribution in [0, 0.1) is 0 Å². The van der Waals surface area contributed by atoms with E-state index in [9.17, 15) is 34.2 Å². The molecule has 0 bridgehead atoms. The topological polar surface area (TPSA) is 162 Å². The van der Waals surface area contributed by atoms with E-state index in [-0.39, 0.29) is 24.7 Å². The third-order valence-electron chi connectivity index (χ3n) is 5.58. The lowest BCUT2D eigenvalue weighted by Crippen LogP contribution is -2.57. The minimum absolute atomic E-state index is 0.0377. The number of hydrogen-bond acceptors (Lipinski definition) is 8. The van der Waals surface area contributed by atoms with E-state index >= 15 is 0 Å². The van der Waals surface area contributed by atoms with Crippen LogP contribution >= 0.6 is 11.8 Å². The van der Waals surface area contributed by atoms with Gasteiger partial charge in [-0.15, -0.1) is 11.8 Å². The van der Waals surface area contributed by atoms with Crippen LogP contribution in [0.15, 0.2) is 60.7 Å². The van der Waals surface area contributed by atoms with E-state index < -0.39 is 54.4 Å². The standard InChI is InChI=1S/C25H27N3O8S/c29-12-19(27-25(35)36-13-17-9-5-2-6-10-17)23(32)28-15-37-14-20(28)22(31)26-18(21(30)24(33)34)11-16-7-3-1-4-8-16/h1-10,18-20,29H,11-15H2,(H,26,31)(H,27,35)(H,33,34)/t18-,19-,20-/m0/s1. The SMILES string of the molecule is O=C(N[C@@H](CO)C(=O)N1CSC[C@H]1C(=O)N[C@@H](Cc1ccccc1)C(=O)C(=O)O)OCc1ccccc1. The van der Waals surface area contributed by atoms with Crippen molar-refractivity contribution < 1.29 is 38.9 Å². The highest BCUT2D eigenvalue weighted by atomic mass is 32.2. The maximum atomic E-state index is 13.1. The van der Waals surface area contributed by atoms with Gasteiger partial charge in [-0.05, 0) is 11.1 Å². The van der Waals surface area contributed by atoms with E-state index in [1.165, 1.54) is 16.7 Å². The molecular formula is C25H27N3O8S. The molecule has 3 amide bonds. The smallest absolute Gasteiger partial charge is 0.408 e. The number of nitrogens with one attached hydrogen (secondary N) is 2. The number of ether oxygens (including phenoxy) is 1. The van der Waals surface area contributed by atoms with Crippen LogP contribution < -0.4 is 10.6 Å². The van der Waals surface area contributed by atoms with Gasteiger partial charge in [-0.1, -0.05) is 60.7 Å². The number of carboxylic acid groups (broad SMARTS) is 1. The van der Waals surface area contributed by atoms with Gasteiger partial charge in [-0.25, -0.2) is 9.59 Å². The number of alkyl carbamates (subject to hydrolysis) is 1. The molecule has 37 heavy (non-hydrogen) atoms. The quantitative estimate of drug-likeness (QED) is 0.305. The molecule has 1 aliphatic rings. The van der Waals surface area contributed by atoms with Gasteiger partial charge in [0, 0.05) is 12.2 Å². The molecule has 0 saturated carbocycles. The number of aliphatic carboxylic acids is 1. The number of hydrogen-bond donors (Lipinski definition) is 4. The first-order valence-electron chi connectivity index (χ1n) is 11.4. The molecule has 11 nitrogen and oxygen atoms in total. The van der Waals surface area contributed by atoms with Crippen molar-refractivity contribution in [2.45, 2.75) is 31.2 Å². The van der Waals surface area contributed by atoms with E-state index in [1.807, 2.05) is 6.07 Å². The number of ketones is 1. The molecule has 0 aliphatic carbocycles. The Morgan fingerprint density at radius 3 is 2.16 bits per heavy atom. The van der Waals surface area contributed by atoms with Crippen LogP contribution in [0.1, 0.15) is 11.1 Å². The van der Waals surface area contributed by atoms with Crippen molar-refractivity contribution in [3.63, 3.8) is 0 Å². The summed E-state index contributed by atoms with van der Waals surface area (Å²) in [5.74, 6) is -4.01. The second-order valence-corrected chi connectivity index (χ2v) is 9.19. The molecule has 1 fully saturated rings. The summed E-state index contributed by atoms with van der Waals surface area (Å²) in [5, 5.41) is 23.7. The van der Waals surface area contributed by atoms with Crippen molar-refractivity contribution in [3.8, 4) is 0 Å². The highest BCUT2D eigenvalue weighted by Gasteiger charge is 2.40. The van der Waals surface area contributed by atoms with Gasteiger partial charge < -0.3 is 30.5 Å². The fourth-order valence-corrected chi connectivity index (χ4v) is 4.81. The lowest BCUT2D eigenvalue weighted by Gasteiger charge is -2.28. The van der Waals surface area contributed by atoms with Gasteiger partial charge in [0.25, 0.3) is 5.78 Å². The Hall–Kier alpha value is -3.90. The fraction of sp³-hybridized carbons (Fsp3) is 0.320. The summed E-state index contributed by atoms with van der Waals surface area (Å²) < 4.78 is 5.10. The number of thioether (sulfide) groups is 1. The molecule has 0 aromatic heterocycles. The Morgan fingerprint density at radius 2 is 1.57 bits per heavy atom. The highest BCUT2D eigenvalue weighted by molar-refractivity contribution is 7.99. The average molecular weight is 530 g/mol. The zero-order valence-electron chi connectivity index (χ0n) is 19.7. The molecule has 196 valence electrons. The first-order valence-corrected chi connectivity index (χ1v) is 12.5. The summed E-state index contributed by atoms with van der Waals surface area (Å²) in [7, 11) is 0. The number of benzene rings is 2. The van der Waals surface area contributed by atoms with Crippen LogP contribution in [0.2, 0.25) is 0 Å². The van der Waals surface area contributed by atoms with Crippen molar-refractivity contribution in [2.24, 2.45) is 0 Å². The lowest BCUT2D eigenvalue weighted by molar-refractivity contribution is -0.150. The highest BCUT2D eigenvalue weighted by Crippen LogP contribution is 2.22. The van der Waals surface area contributed by atoms with Crippen molar-refractivity contribution in [1.29, 1.82) is 0 Å². The molecule has 4 N–H and O–H groups in total. The number of aliphatic hydroxyl groups excluding tert-OH is 1. The third-order valence-corrected chi connectivity index (χ3v) is 6.59. The Kier molecular flexibility index (Phi) is 10.0. The molecule has 1 heterocycles. The van der Waals surface area contributed by atoms with Gasteiger partial charge in [0.2, 0.25) is 11.8 Å². The molecule has 0 radical (unpaired) electrons. The van der Waals surface area contributed by atoms with Crippen LogP contribution in [0.4, 0.5) is 4.79 Å². The molecule has 0 unspecified atom stereocenters. The monoisotopic (exact) mass is 529 g/mol. The summed E-state index contributed by atoms with van der Waals surface area (Å²) in [4.78, 5) is 63.0. The Morgan fingerprint density at radius 1 is 0.946 bits per heavy atom. The van der Waals surface area contributed by atoms with Crippen molar-refractivity contribution in [3.05, 3.63) is 71.8 Å². The van der Waals surface area contributed by atoms with Gasteiger partial charge in [0.1, 0.15) is 24.7 Å². The largest absolute Gasteiger partial charge is 0.475 e. The molecule has 1 saturated heterocycles. The number of carbonyl (C=O) groups excluding carboxylic acids is 4. The summed E-state index contributed by atoms with van der Waals surface area (Å²) in [6.45, 7) is -0.771. The molecule has 3 atom stereocenters. The molecular weight excluding hydrogens is 502 g/mol. The van der Waals surface area contributed by atoms with Crippen LogP contribution in [0.25, 0.3) is 0 Å². The molecule has 2 aromatic carbocycles. The number of carboxylic acids is 1. The van der Waals surface area contributed by atoms with Gasteiger partial charge in [0.05, 0.1) is 12.5 Å². The second kappa shape index (κ2) is 13.4. The van der Waals surface area contributed by atoms with Crippen molar-refractivity contribution in [1.82, 2.24) is 15.5 Å². The van der Waals surface area contributed by atoms with Gasteiger partial charge in [-0.3, -0.25) is 14.4 Å². The normalized spacial score (nSPS) is 16.4. The average Bonchev–Trinajstić information content (AvgIpc) is 3.41. The number of amides is 3. The summed E-state index contributed by atoms with van der Waals surface area (Å²) in [6, 6.07) is 13.8. The number of rotatable bonds is 11. The Bertz CT molecular complexity index is 1120. The van der Waals surface area contributed by atoms with E-state index in [0.717, 1.165) is 5.56 Å².